The summed E-state index contributed by atoms with van der Waals surface area (Å²) in [6.07, 6.45) is 2.83. The lowest BCUT2D eigenvalue weighted by Gasteiger charge is -2.16. The predicted molar refractivity (Wildman–Crippen MR) is 76.1 cm³/mol. The van der Waals surface area contributed by atoms with Gasteiger partial charge in [-0.25, -0.2) is 0 Å². The fourth-order valence-corrected chi connectivity index (χ4v) is 3.73. The van der Waals surface area contributed by atoms with Gasteiger partial charge in [-0.2, -0.15) is 0 Å². The Hall–Kier alpha value is -1.36. The second kappa shape index (κ2) is 5.20. The van der Waals surface area contributed by atoms with Gasteiger partial charge in [-0.15, -0.1) is 0 Å². The van der Waals surface area contributed by atoms with Crippen LogP contribution in [0.15, 0.2) is 16.6 Å². The zero-order valence-electron chi connectivity index (χ0n) is 10.9. The molecular formula is C15H15BrO4. The minimum absolute atomic E-state index is 0.0886. The molecule has 0 saturated heterocycles. The molecule has 5 heteroatoms. The summed E-state index contributed by atoms with van der Waals surface area (Å²) in [4.78, 5) is 24.0. The number of aliphatic carboxylic acids is 1. The number of halogens is 1. The van der Waals surface area contributed by atoms with Crippen molar-refractivity contribution in [2.75, 3.05) is 6.61 Å². The monoisotopic (exact) mass is 338 g/mol. The summed E-state index contributed by atoms with van der Waals surface area (Å²) < 4.78 is 6.41. The molecule has 20 heavy (non-hydrogen) atoms. The molecule has 1 aliphatic carbocycles. The predicted octanol–water partition coefficient (Wildman–Crippen LogP) is 3.07. The van der Waals surface area contributed by atoms with Crippen LogP contribution in [-0.2, 0) is 11.2 Å². The Morgan fingerprint density at radius 1 is 1.25 bits per heavy atom. The maximum Gasteiger partial charge on any atom is 0.307 e. The van der Waals surface area contributed by atoms with E-state index in [9.17, 15) is 14.7 Å². The zero-order valence-corrected chi connectivity index (χ0v) is 12.5. The van der Waals surface area contributed by atoms with Crippen molar-refractivity contribution in [2.45, 2.75) is 25.7 Å². The van der Waals surface area contributed by atoms with Crippen molar-refractivity contribution in [2.24, 2.45) is 11.8 Å². The molecule has 1 N–H and O–H groups in total. The first-order valence-electron chi connectivity index (χ1n) is 6.80. The Balaban J connectivity index is 1.97. The van der Waals surface area contributed by atoms with Crippen molar-refractivity contribution in [3.8, 4) is 5.75 Å². The van der Waals surface area contributed by atoms with Crippen LogP contribution in [0.1, 0.15) is 35.2 Å². The lowest BCUT2D eigenvalue weighted by atomic mass is 9.87. The molecule has 0 radical (unpaired) electrons. The van der Waals surface area contributed by atoms with E-state index in [2.05, 4.69) is 15.9 Å². The van der Waals surface area contributed by atoms with Crippen LogP contribution in [0, 0.1) is 11.8 Å². The van der Waals surface area contributed by atoms with E-state index >= 15 is 0 Å². The average molecular weight is 339 g/mol. The number of ketones is 1. The van der Waals surface area contributed by atoms with Crippen LogP contribution in [0.5, 0.6) is 5.75 Å². The van der Waals surface area contributed by atoms with Gasteiger partial charge >= 0.3 is 5.97 Å². The summed E-state index contributed by atoms with van der Waals surface area (Å²) >= 11 is 3.41. The molecule has 1 aliphatic heterocycles. The first-order chi connectivity index (χ1) is 9.58. The number of rotatable bonds is 3. The highest BCUT2D eigenvalue weighted by molar-refractivity contribution is 9.10. The molecule has 2 atom stereocenters. The van der Waals surface area contributed by atoms with E-state index in [1.807, 2.05) is 6.07 Å². The quantitative estimate of drug-likeness (QED) is 0.860. The van der Waals surface area contributed by atoms with Gasteiger partial charge in [0.25, 0.3) is 0 Å². The van der Waals surface area contributed by atoms with Gasteiger partial charge in [0.05, 0.1) is 18.1 Å². The van der Waals surface area contributed by atoms with Crippen molar-refractivity contribution in [3.63, 3.8) is 0 Å². The summed E-state index contributed by atoms with van der Waals surface area (Å²) in [7, 11) is 0. The molecular weight excluding hydrogens is 324 g/mol. The Morgan fingerprint density at radius 3 is 2.75 bits per heavy atom. The number of benzene rings is 1. The minimum Gasteiger partial charge on any atom is -0.492 e. The third-order valence-corrected chi connectivity index (χ3v) is 4.64. The van der Waals surface area contributed by atoms with Crippen LogP contribution >= 0.6 is 15.9 Å². The Bertz CT molecular complexity index is 581. The number of carbonyl (C=O) groups excluding carboxylic acids is 1. The van der Waals surface area contributed by atoms with Gasteiger partial charge in [0.2, 0.25) is 0 Å². The van der Waals surface area contributed by atoms with Crippen LogP contribution in [0.3, 0.4) is 0 Å². The van der Waals surface area contributed by atoms with Crippen LogP contribution in [-0.4, -0.2) is 23.5 Å². The van der Waals surface area contributed by atoms with Crippen LogP contribution in [0.4, 0.5) is 0 Å². The molecule has 1 aromatic rings. The highest BCUT2D eigenvalue weighted by atomic mass is 79.9. The summed E-state index contributed by atoms with van der Waals surface area (Å²) in [6, 6.07) is 3.71. The summed E-state index contributed by atoms with van der Waals surface area (Å²) in [5.41, 5.74) is 1.55. The topological polar surface area (TPSA) is 63.6 Å². The van der Waals surface area contributed by atoms with E-state index in [4.69, 9.17) is 4.74 Å². The number of carboxylic acids is 1. The van der Waals surface area contributed by atoms with E-state index < -0.39 is 17.8 Å². The number of hydrogen-bond acceptors (Lipinski definition) is 3. The van der Waals surface area contributed by atoms with Gasteiger partial charge in [0.15, 0.2) is 5.78 Å². The van der Waals surface area contributed by atoms with Gasteiger partial charge in [0.1, 0.15) is 5.75 Å². The van der Waals surface area contributed by atoms with E-state index in [0.717, 1.165) is 22.9 Å². The van der Waals surface area contributed by atoms with Crippen molar-refractivity contribution in [3.05, 3.63) is 27.7 Å². The van der Waals surface area contributed by atoms with Gasteiger partial charge in [-0.3, -0.25) is 9.59 Å². The van der Waals surface area contributed by atoms with Gasteiger partial charge in [0, 0.05) is 16.8 Å². The second-order valence-electron chi connectivity index (χ2n) is 5.39. The van der Waals surface area contributed by atoms with Crippen LogP contribution in [0.25, 0.3) is 0 Å². The number of carbonyl (C=O) groups is 2. The van der Waals surface area contributed by atoms with E-state index in [0.29, 0.717) is 30.8 Å². The smallest absolute Gasteiger partial charge is 0.307 e. The van der Waals surface area contributed by atoms with Crippen molar-refractivity contribution < 1.29 is 19.4 Å². The molecule has 1 saturated carbocycles. The van der Waals surface area contributed by atoms with Crippen molar-refractivity contribution in [1.29, 1.82) is 0 Å². The highest BCUT2D eigenvalue weighted by Crippen LogP contribution is 2.39. The zero-order chi connectivity index (χ0) is 14.3. The standard InChI is InChI=1S/C15H15BrO4/c16-9-6-8-4-5-20-14(8)12(7-9)13(17)10-2-1-3-11(10)15(18)19/h6-7,10-11H,1-5H2,(H,18,19). The molecule has 0 spiro atoms. The molecule has 0 bridgehead atoms. The number of hydrogen-bond donors (Lipinski definition) is 1. The SMILES string of the molecule is O=C(O)C1CCCC1C(=O)c1cc(Br)cc2c1OCC2. The number of Topliss-reactive ketones (excluding diaryl/α,β-unsaturated/α-hetero) is 1. The van der Waals surface area contributed by atoms with Crippen LogP contribution < -0.4 is 4.74 Å². The van der Waals surface area contributed by atoms with Gasteiger partial charge < -0.3 is 9.84 Å². The molecule has 4 nitrogen and oxygen atoms in total. The fourth-order valence-electron chi connectivity index (χ4n) is 3.22. The highest BCUT2D eigenvalue weighted by Gasteiger charge is 2.39. The van der Waals surface area contributed by atoms with E-state index in [1.54, 1.807) is 6.07 Å². The maximum absolute atomic E-state index is 12.7. The third-order valence-electron chi connectivity index (χ3n) is 4.18. The Morgan fingerprint density at radius 2 is 2.00 bits per heavy atom. The second-order valence-corrected chi connectivity index (χ2v) is 6.30. The molecule has 1 aromatic carbocycles. The average Bonchev–Trinajstić information content (AvgIpc) is 3.04. The Labute approximate surface area is 125 Å². The molecule has 2 unspecified atom stereocenters. The lowest BCUT2D eigenvalue weighted by molar-refractivity contribution is -0.142. The molecule has 0 amide bonds. The molecule has 0 aromatic heterocycles. The Kier molecular flexibility index (Phi) is 3.54. The van der Waals surface area contributed by atoms with E-state index in [1.165, 1.54) is 0 Å². The first-order valence-corrected chi connectivity index (χ1v) is 7.59. The largest absolute Gasteiger partial charge is 0.492 e. The normalized spacial score (nSPS) is 24.2. The van der Waals surface area contributed by atoms with E-state index in [-0.39, 0.29) is 5.78 Å². The maximum atomic E-state index is 12.7. The third kappa shape index (κ3) is 2.24. The molecule has 2 aliphatic rings. The summed E-state index contributed by atoms with van der Waals surface area (Å²) in [5, 5.41) is 9.23. The molecule has 1 heterocycles. The lowest BCUT2D eigenvalue weighted by Crippen LogP contribution is -2.25. The number of fused-ring (bicyclic) bond motifs is 1. The number of ether oxygens (including phenoxy) is 1. The van der Waals surface area contributed by atoms with Crippen molar-refractivity contribution in [1.82, 2.24) is 0 Å². The molecule has 3 rings (SSSR count). The number of carboxylic acid groups (broad SMARTS) is 1. The van der Waals surface area contributed by atoms with Crippen LogP contribution in [0.2, 0.25) is 0 Å². The van der Waals surface area contributed by atoms with Gasteiger partial charge in [-0.05, 0) is 30.5 Å². The summed E-state index contributed by atoms with van der Waals surface area (Å²) in [6.45, 7) is 0.582. The van der Waals surface area contributed by atoms with Crippen molar-refractivity contribution >= 4 is 27.7 Å². The molecule has 1 fully saturated rings. The van der Waals surface area contributed by atoms with Gasteiger partial charge in [-0.1, -0.05) is 22.4 Å². The minimum atomic E-state index is -0.867. The fraction of sp³-hybridized carbons (Fsp3) is 0.467. The first kappa shape index (κ1) is 13.6. The molecule has 106 valence electrons. The summed E-state index contributed by atoms with van der Waals surface area (Å²) in [5.74, 6) is -1.29.